The average molecular weight is 361 g/mol. The third-order valence-electron chi connectivity index (χ3n) is 3.64. The Balaban J connectivity index is 2.08. The predicted molar refractivity (Wildman–Crippen MR) is 86.1 cm³/mol. The van der Waals surface area contributed by atoms with Crippen molar-refractivity contribution in [3.05, 3.63) is 20.8 Å². The second-order valence-electron chi connectivity index (χ2n) is 5.35. The summed E-state index contributed by atoms with van der Waals surface area (Å²) in [5.41, 5.74) is 5.21. The normalized spacial score (nSPS) is 25.7. The van der Waals surface area contributed by atoms with Crippen LogP contribution in [0.1, 0.15) is 24.6 Å². The van der Waals surface area contributed by atoms with E-state index in [4.69, 9.17) is 18.0 Å². The van der Waals surface area contributed by atoms with Crippen LogP contribution in [0.3, 0.4) is 0 Å². The molecule has 0 aliphatic heterocycles. The molecule has 0 spiro atoms. The van der Waals surface area contributed by atoms with Crippen molar-refractivity contribution < 1.29 is 4.79 Å². The van der Waals surface area contributed by atoms with Gasteiger partial charge in [-0.3, -0.25) is 4.79 Å². The van der Waals surface area contributed by atoms with Gasteiger partial charge in [0.1, 0.15) is 0 Å². The Hall–Kier alpha value is -0.460. The Labute approximate surface area is 131 Å². The first kappa shape index (κ1) is 14.9. The fourth-order valence-electron chi connectivity index (χ4n) is 2.72. The minimum Gasteiger partial charge on any atom is -0.392 e. The fraction of sp³-hybridized carbons (Fsp3) is 0.538. The molecule has 1 amide bonds. The van der Waals surface area contributed by atoms with Crippen molar-refractivity contribution >= 4 is 50.4 Å². The van der Waals surface area contributed by atoms with Gasteiger partial charge in [0, 0.05) is 21.8 Å². The minimum atomic E-state index is -0.599. The molecular formula is C13H17BrN2OS2. The molecule has 0 aromatic carbocycles. The molecule has 2 rings (SSSR count). The summed E-state index contributed by atoms with van der Waals surface area (Å²) in [6, 6.07) is 2.03. The standard InChI is InChI=1S/C13H17BrN2OS2/c1-8-4-13(5-8,11(15)18)12(17)16(2)6-10-3-9(14)7-19-10/h3,7-8H,4-6H2,1-2H3,(H2,15,18). The Bertz CT molecular complexity index is 508. The maximum Gasteiger partial charge on any atom is 0.235 e. The molecule has 1 aromatic rings. The highest BCUT2D eigenvalue weighted by molar-refractivity contribution is 9.10. The van der Waals surface area contributed by atoms with Crippen LogP contribution in [-0.4, -0.2) is 22.8 Å². The third kappa shape index (κ3) is 2.85. The lowest BCUT2D eigenvalue weighted by Gasteiger charge is -2.45. The van der Waals surface area contributed by atoms with Crippen LogP contribution in [0.5, 0.6) is 0 Å². The number of hydrogen-bond acceptors (Lipinski definition) is 3. The largest absolute Gasteiger partial charge is 0.392 e. The van der Waals surface area contributed by atoms with Crippen LogP contribution >= 0.6 is 39.5 Å². The highest BCUT2D eigenvalue weighted by atomic mass is 79.9. The summed E-state index contributed by atoms with van der Waals surface area (Å²) in [6.07, 6.45) is 1.55. The van der Waals surface area contributed by atoms with E-state index in [1.165, 1.54) is 0 Å². The van der Waals surface area contributed by atoms with Crippen molar-refractivity contribution in [1.82, 2.24) is 4.90 Å². The molecule has 1 aromatic heterocycles. The van der Waals surface area contributed by atoms with Crippen LogP contribution < -0.4 is 5.73 Å². The first-order valence-corrected chi connectivity index (χ1v) is 8.21. The summed E-state index contributed by atoms with van der Waals surface area (Å²) in [5.74, 6) is 0.581. The van der Waals surface area contributed by atoms with E-state index in [1.54, 1.807) is 16.2 Å². The average Bonchev–Trinajstić information content (AvgIpc) is 2.68. The number of rotatable bonds is 4. The van der Waals surface area contributed by atoms with Gasteiger partial charge in [-0.05, 0) is 40.8 Å². The number of thiocarbonyl (C=S) groups is 1. The summed E-state index contributed by atoms with van der Waals surface area (Å²) in [5, 5.41) is 2.02. The van der Waals surface area contributed by atoms with Gasteiger partial charge in [-0.2, -0.15) is 0 Å². The molecule has 1 saturated carbocycles. The number of carbonyl (C=O) groups excluding carboxylic acids is 1. The van der Waals surface area contributed by atoms with Crippen molar-refractivity contribution in [1.29, 1.82) is 0 Å². The molecule has 6 heteroatoms. The van der Waals surface area contributed by atoms with Crippen LogP contribution in [0.4, 0.5) is 0 Å². The van der Waals surface area contributed by atoms with Crippen molar-refractivity contribution in [2.45, 2.75) is 26.3 Å². The van der Waals surface area contributed by atoms with Gasteiger partial charge in [-0.25, -0.2) is 0 Å². The SMILES string of the molecule is CC1CC(C(=O)N(C)Cc2cc(Br)cs2)(C(N)=S)C1. The number of nitrogens with two attached hydrogens (primary N) is 1. The van der Waals surface area contributed by atoms with Crippen LogP contribution in [0.2, 0.25) is 0 Å². The first-order chi connectivity index (χ1) is 8.85. The van der Waals surface area contributed by atoms with E-state index in [-0.39, 0.29) is 5.91 Å². The molecule has 0 unspecified atom stereocenters. The quantitative estimate of drug-likeness (QED) is 0.838. The maximum absolute atomic E-state index is 12.6. The van der Waals surface area contributed by atoms with Crippen LogP contribution in [0.25, 0.3) is 0 Å². The summed E-state index contributed by atoms with van der Waals surface area (Å²) in [6.45, 7) is 2.73. The minimum absolute atomic E-state index is 0.0580. The van der Waals surface area contributed by atoms with Crippen LogP contribution in [0.15, 0.2) is 15.9 Å². The van der Waals surface area contributed by atoms with Gasteiger partial charge in [0.25, 0.3) is 0 Å². The molecule has 3 nitrogen and oxygen atoms in total. The van der Waals surface area contributed by atoms with E-state index >= 15 is 0 Å². The molecule has 0 bridgehead atoms. The molecule has 19 heavy (non-hydrogen) atoms. The zero-order valence-electron chi connectivity index (χ0n) is 11.0. The number of carbonyl (C=O) groups is 1. The molecule has 0 atom stereocenters. The third-order valence-corrected chi connectivity index (χ3v) is 5.71. The highest BCUT2D eigenvalue weighted by Crippen LogP contribution is 2.47. The van der Waals surface area contributed by atoms with Gasteiger partial charge >= 0.3 is 0 Å². The molecule has 1 heterocycles. The lowest BCUT2D eigenvalue weighted by molar-refractivity contribution is -0.143. The van der Waals surface area contributed by atoms with Gasteiger partial charge < -0.3 is 10.6 Å². The Morgan fingerprint density at radius 2 is 2.32 bits per heavy atom. The van der Waals surface area contributed by atoms with E-state index < -0.39 is 5.41 Å². The molecule has 1 aliphatic rings. The zero-order valence-corrected chi connectivity index (χ0v) is 14.2. The molecule has 0 saturated heterocycles. The van der Waals surface area contributed by atoms with E-state index in [9.17, 15) is 4.79 Å². The molecule has 2 N–H and O–H groups in total. The number of thiophene rings is 1. The molecule has 1 aliphatic carbocycles. The predicted octanol–water partition coefficient (Wildman–Crippen LogP) is 3.17. The highest BCUT2D eigenvalue weighted by Gasteiger charge is 2.51. The summed E-state index contributed by atoms with van der Waals surface area (Å²) < 4.78 is 1.05. The number of nitrogens with zero attached hydrogens (tertiary/aromatic N) is 1. The van der Waals surface area contributed by atoms with Gasteiger partial charge in [0.05, 0.1) is 16.9 Å². The van der Waals surface area contributed by atoms with E-state index in [0.29, 0.717) is 17.5 Å². The zero-order chi connectivity index (χ0) is 14.2. The second-order valence-corrected chi connectivity index (χ2v) is 7.70. The lowest BCUT2D eigenvalue weighted by Crippen LogP contribution is -2.56. The summed E-state index contributed by atoms with van der Waals surface area (Å²) >= 11 is 10.2. The fourth-order valence-corrected chi connectivity index (χ4v) is 4.48. The van der Waals surface area contributed by atoms with Crippen molar-refractivity contribution in [3.8, 4) is 0 Å². The Morgan fingerprint density at radius 3 is 2.74 bits per heavy atom. The van der Waals surface area contributed by atoms with Gasteiger partial charge in [-0.15, -0.1) is 11.3 Å². The van der Waals surface area contributed by atoms with Crippen LogP contribution in [0, 0.1) is 11.3 Å². The molecular weight excluding hydrogens is 344 g/mol. The molecule has 1 fully saturated rings. The van der Waals surface area contributed by atoms with Crippen molar-refractivity contribution in [2.24, 2.45) is 17.1 Å². The first-order valence-electron chi connectivity index (χ1n) is 6.13. The number of halogens is 1. The van der Waals surface area contributed by atoms with Gasteiger partial charge in [0.15, 0.2) is 0 Å². The monoisotopic (exact) mass is 360 g/mol. The van der Waals surface area contributed by atoms with E-state index in [2.05, 4.69) is 22.9 Å². The molecule has 104 valence electrons. The molecule has 0 radical (unpaired) electrons. The maximum atomic E-state index is 12.6. The van der Waals surface area contributed by atoms with Gasteiger partial charge in [0.2, 0.25) is 5.91 Å². The second kappa shape index (κ2) is 5.50. The van der Waals surface area contributed by atoms with Crippen molar-refractivity contribution in [2.75, 3.05) is 7.05 Å². The van der Waals surface area contributed by atoms with Crippen LogP contribution in [-0.2, 0) is 11.3 Å². The number of hydrogen-bond donors (Lipinski definition) is 1. The number of amides is 1. The van der Waals surface area contributed by atoms with E-state index in [0.717, 1.165) is 22.2 Å². The van der Waals surface area contributed by atoms with Crippen molar-refractivity contribution in [3.63, 3.8) is 0 Å². The smallest absolute Gasteiger partial charge is 0.235 e. The summed E-state index contributed by atoms with van der Waals surface area (Å²) in [7, 11) is 1.82. The Morgan fingerprint density at radius 1 is 1.68 bits per heavy atom. The van der Waals surface area contributed by atoms with Gasteiger partial charge in [-0.1, -0.05) is 19.1 Å². The van der Waals surface area contributed by atoms with E-state index in [1.807, 2.05) is 18.5 Å². The Kier molecular flexibility index (Phi) is 4.32. The summed E-state index contributed by atoms with van der Waals surface area (Å²) in [4.78, 5) is 15.8. The lowest BCUT2D eigenvalue weighted by atomic mass is 9.61. The topological polar surface area (TPSA) is 46.3 Å².